The van der Waals surface area contributed by atoms with Crippen LogP contribution in [0.1, 0.15) is 13.3 Å². The molecule has 4 heteroatoms. The second kappa shape index (κ2) is 8.15. The van der Waals surface area contributed by atoms with Crippen molar-refractivity contribution in [3.63, 3.8) is 0 Å². The molecule has 0 aliphatic carbocycles. The highest BCUT2D eigenvalue weighted by Gasteiger charge is 1.97. The van der Waals surface area contributed by atoms with Gasteiger partial charge in [-0.2, -0.15) is 0 Å². The van der Waals surface area contributed by atoms with Crippen molar-refractivity contribution in [1.82, 2.24) is 0 Å². The smallest absolute Gasteiger partial charge is 0.123 e. The monoisotopic (exact) mass is 290 g/mol. The Morgan fingerprint density at radius 1 is 0.714 bits per heavy atom. The Kier molecular flexibility index (Phi) is 5.88. The van der Waals surface area contributed by atoms with E-state index in [1.807, 2.05) is 31.2 Å². The zero-order chi connectivity index (χ0) is 14.9. The fourth-order valence-corrected chi connectivity index (χ4v) is 1.77. The zero-order valence-corrected chi connectivity index (χ0v) is 12.0. The number of hydrogen-bond donors (Lipinski definition) is 0. The van der Waals surface area contributed by atoms with Crippen LogP contribution in [-0.4, -0.2) is 19.8 Å². The summed E-state index contributed by atoms with van der Waals surface area (Å²) in [5.41, 5.74) is 0. The number of ether oxygens (including phenoxy) is 3. The van der Waals surface area contributed by atoms with Crippen LogP contribution in [0.3, 0.4) is 0 Å². The van der Waals surface area contributed by atoms with Crippen LogP contribution in [-0.2, 0) is 0 Å². The lowest BCUT2D eigenvalue weighted by Gasteiger charge is -2.09. The van der Waals surface area contributed by atoms with Crippen molar-refractivity contribution in [2.24, 2.45) is 0 Å². The van der Waals surface area contributed by atoms with Gasteiger partial charge in [0, 0.05) is 6.42 Å². The molecule has 0 aromatic heterocycles. The maximum atomic E-state index is 12.7. The van der Waals surface area contributed by atoms with Gasteiger partial charge in [0.1, 0.15) is 23.1 Å². The number of halogens is 1. The van der Waals surface area contributed by atoms with Crippen molar-refractivity contribution in [3.8, 4) is 17.2 Å². The van der Waals surface area contributed by atoms with E-state index in [-0.39, 0.29) is 5.82 Å². The molecule has 0 amide bonds. The SMILES string of the molecule is CCOc1ccc(OCCCOc2ccc(F)cc2)cc1. The third-order valence-corrected chi connectivity index (χ3v) is 2.77. The van der Waals surface area contributed by atoms with Gasteiger partial charge in [0.2, 0.25) is 0 Å². The van der Waals surface area contributed by atoms with E-state index >= 15 is 0 Å². The van der Waals surface area contributed by atoms with Gasteiger partial charge in [0.15, 0.2) is 0 Å². The quantitative estimate of drug-likeness (QED) is 0.686. The van der Waals surface area contributed by atoms with Crippen LogP contribution in [0, 0.1) is 5.82 Å². The van der Waals surface area contributed by atoms with Crippen molar-refractivity contribution < 1.29 is 18.6 Å². The summed E-state index contributed by atoms with van der Waals surface area (Å²) in [6.07, 6.45) is 0.755. The first-order chi connectivity index (χ1) is 10.3. The Morgan fingerprint density at radius 3 is 1.62 bits per heavy atom. The molecule has 0 spiro atoms. The highest BCUT2D eigenvalue weighted by atomic mass is 19.1. The van der Waals surface area contributed by atoms with Crippen LogP contribution >= 0.6 is 0 Å². The molecular weight excluding hydrogens is 271 g/mol. The average molecular weight is 290 g/mol. The lowest BCUT2D eigenvalue weighted by Crippen LogP contribution is -2.05. The fourth-order valence-electron chi connectivity index (χ4n) is 1.77. The predicted octanol–water partition coefficient (Wildman–Crippen LogP) is 4.07. The lowest BCUT2D eigenvalue weighted by molar-refractivity contribution is 0.247. The van der Waals surface area contributed by atoms with Crippen molar-refractivity contribution in [3.05, 3.63) is 54.3 Å². The summed E-state index contributed by atoms with van der Waals surface area (Å²) < 4.78 is 29.2. The molecule has 0 aliphatic rings. The van der Waals surface area contributed by atoms with Gasteiger partial charge in [0.05, 0.1) is 19.8 Å². The van der Waals surface area contributed by atoms with E-state index < -0.39 is 0 Å². The molecule has 0 unspecified atom stereocenters. The largest absolute Gasteiger partial charge is 0.494 e. The molecule has 0 radical (unpaired) electrons. The minimum atomic E-state index is -0.263. The molecule has 2 aromatic rings. The van der Waals surface area contributed by atoms with E-state index in [2.05, 4.69) is 0 Å². The predicted molar refractivity (Wildman–Crippen MR) is 79.6 cm³/mol. The summed E-state index contributed by atoms with van der Waals surface area (Å²) in [6, 6.07) is 13.5. The molecule has 0 saturated heterocycles. The van der Waals surface area contributed by atoms with Crippen LogP contribution < -0.4 is 14.2 Å². The number of hydrogen-bond acceptors (Lipinski definition) is 3. The molecule has 0 fully saturated rings. The van der Waals surface area contributed by atoms with Crippen molar-refractivity contribution >= 4 is 0 Å². The lowest BCUT2D eigenvalue weighted by atomic mass is 10.3. The maximum Gasteiger partial charge on any atom is 0.123 e. The molecule has 0 saturated carbocycles. The molecule has 112 valence electrons. The topological polar surface area (TPSA) is 27.7 Å². The molecule has 0 aliphatic heterocycles. The van der Waals surface area contributed by atoms with Gasteiger partial charge in [-0.15, -0.1) is 0 Å². The Morgan fingerprint density at radius 2 is 1.14 bits per heavy atom. The maximum absolute atomic E-state index is 12.7. The third kappa shape index (κ3) is 5.34. The summed E-state index contributed by atoms with van der Waals surface area (Å²) >= 11 is 0. The summed E-state index contributed by atoms with van der Waals surface area (Å²) in [5, 5.41) is 0. The highest BCUT2D eigenvalue weighted by molar-refractivity contribution is 5.31. The van der Waals surface area contributed by atoms with Crippen molar-refractivity contribution in [2.45, 2.75) is 13.3 Å². The van der Waals surface area contributed by atoms with Crippen molar-refractivity contribution in [2.75, 3.05) is 19.8 Å². The van der Waals surface area contributed by atoms with E-state index in [9.17, 15) is 4.39 Å². The van der Waals surface area contributed by atoms with Gasteiger partial charge in [-0.1, -0.05) is 0 Å². The van der Waals surface area contributed by atoms with Gasteiger partial charge >= 0.3 is 0 Å². The van der Waals surface area contributed by atoms with Gasteiger partial charge in [0.25, 0.3) is 0 Å². The third-order valence-electron chi connectivity index (χ3n) is 2.77. The van der Waals surface area contributed by atoms with Gasteiger partial charge < -0.3 is 14.2 Å². The van der Waals surface area contributed by atoms with E-state index in [4.69, 9.17) is 14.2 Å². The molecule has 0 bridgehead atoms. The Hall–Kier alpha value is -2.23. The highest BCUT2D eigenvalue weighted by Crippen LogP contribution is 2.17. The fraction of sp³-hybridized carbons (Fsp3) is 0.294. The second-order valence-electron chi connectivity index (χ2n) is 4.41. The van der Waals surface area contributed by atoms with E-state index in [0.29, 0.717) is 25.6 Å². The zero-order valence-electron chi connectivity index (χ0n) is 12.0. The molecule has 0 heterocycles. The van der Waals surface area contributed by atoms with E-state index in [1.165, 1.54) is 12.1 Å². The first-order valence-corrected chi connectivity index (χ1v) is 7.02. The summed E-state index contributed by atoms with van der Waals surface area (Å²) in [4.78, 5) is 0. The van der Waals surface area contributed by atoms with Gasteiger partial charge in [-0.05, 0) is 55.5 Å². The van der Waals surface area contributed by atoms with Crippen LogP contribution in [0.4, 0.5) is 4.39 Å². The summed E-state index contributed by atoms with van der Waals surface area (Å²) in [7, 11) is 0. The summed E-state index contributed by atoms with van der Waals surface area (Å²) in [6.45, 7) is 3.70. The van der Waals surface area contributed by atoms with Gasteiger partial charge in [-0.3, -0.25) is 0 Å². The second-order valence-corrected chi connectivity index (χ2v) is 4.41. The standard InChI is InChI=1S/C17H19FO3/c1-2-19-15-8-10-17(11-9-15)21-13-3-12-20-16-6-4-14(18)5-7-16/h4-11H,2-3,12-13H2,1H3. The van der Waals surface area contributed by atoms with E-state index in [0.717, 1.165) is 17.9 Å². The first-order valence-electron chi connectivity index (χ1n) is 7.02. The van der Waals surface area contributed by atoms with Crippen LogP contribution in [0.15, 0.2) is 48.5 Å². The molecule has 2 rings (SSSR count). The van der Waals surface area contributed by atoms with Gasteiger partial charge in [-0.25, -0.2) is 4.39 Å². The first kappa shape index (κ1) is 15.2. The minimum absolute atomic E-state index is 0.263. The Bertz CT molecular complexity index is 523. The number of benzene rings is 2. The van der Waals surface area contributed by atoms with Crippen LogP contribution in [0.2, 0.25) is 0 Å². The Balaban J connectivity index is 1.64. The Labute approximate surface area is 124 Å². The minimum Gasteiger partial charge on any atom is -0.494 e. The molecule has 3 nitrogen and oxygen atoms in total. The van der Waals surface area contributed by atoms with Crippen molar-refractivity contribution in [1.29, 1.82) is 0 Å². The van der Waals surface area contributed by atoms with Crippen LogP contribution in [0.25, 0.3) is 0 Å². The van der Waals surface area contributed by atoms with Crippen LogP contribution in [0.5, 0.6) is 17.2 Å². The summed E-state index contributed by atoms with van der Waals surface area (Å²) in [5.74, 6) is 2.04. The molecule has 21 heavy (non-hydrogen) atoms. The molecule has 0 N–H and O–H groups in total. The molecular formula is C17H19FO3. The molecule has 0 atom stereocenters. The molecule has 2 aromatic carbocycles. The number of rotatable bonds is 8. The normalized spacial score (nSPS) is 10.2. The van der Waals surface area contributed by atoms with E-state index in [1.54, 1.807) is 12.1 Å². The average Bonchev–Trinajstić information content (AvgIpc) is 2.51.